The summed E-state index contributed by atoms with van der Waals surface area (Å²) in [4.78, 5) is 2.56. The molecule has 0 aromatic carbocycles. The summed E-state index contributed by atoms with van der Waals surface area (Å²) in [5, 5.41) is 0. The van der Waals surface area contributed by atoms with Crippen LogP contribution in [0.3, 0.4) is 0 Å². The van der Waals surface area contributed by atoms with E-state index in [0.29, 0.717) is 0 Å². The molecule has 1 heteroatoms. The lowest BCUT2D eigenvalue weighted by Crippen LogP contribution is -2.29. The van der Waals surface area contributed by atoms with Crippen molar-refractivity contribution in [2.75, 3.05) is 20.1 Å². The molecular weight excluding hydrogens is 242 g/mol. The van der Waals surface area contributed by atoms with Crippen LogP contribution in [0.1, 0.15) is 91.9 Å². The zero-order valence-electron chi connectivity index (χ0n) is 15.1. The molecule has 0 amide bonds. The van der Waals surface area contributed by atoms with Crippen LogP contribution in [0.25, 0.3) is 0 Å². The zero-order valence-corrected chi connectivity index (χ0v) is 15.1. The lowest BCUT2D eigenvalue weighted by Gasteiger charge is -2.25. The monoisotopic (exact) mass is 283 g/mol. The maximum Gasteiger partial charge on any atom is 0.000672 e. The normalized spacial score (nSPS) is 13.3. The predicted octanol–water partition coefficient (Wildman–Crippen LogP) is 6.13. The Hall–Kier alpha value is -0.0400. The van der Waals surface area contributed by atoms with Gasteiger partial charge < -0.3 is 4.90 Å². The van der Waals surface area contributed by atoms with Crippen molar-refractivity contribution in [1.82, 2.24) is 4.90 Å². The van der Waals surface area contributed by atoms with E-state index in [9.17, 15) is 0 Å². The molecule has 0 aliphatic carbocycles. The quantitative estimate of drug-likeness (QED) is 0.346. The van der Waals surface area contributed by atoms with Crippen LogP contribution in [0.4, 0.5) is 0 Å². The lowest BCUT2D eigenvalue weighted by atomic mass is 9.94. The van der Waals surface area contributed by atoms with Gasteiger partial charge in [0.1, 0.15) is 0 Å². The van der Waals surface area contributed by atoms with Crippen LogP contribution in [0.15, 0.2) is 0 Å². The lowest BCUT2D eigenvalue weighted by molar-refractivity contribution is 0.230. The largest absolute Gasteiger partial charge is 0.306 e. The molecule has 20 heavy (non-hydrogen) atoms. The average molecular weight is 284 g/mol. The van der Waals surface area contributed by atoms with Crippen LogP contribution in [-0.4, -0.2) is 25.0 Å². The molecule has 0 rings (SSSR count). The summed E-state index contributed by atoms with van der Waals surface area (Å²) in [6, 6.07) is 0. The molecule has 1 atom stereocenters. The van der Waals surface area contributed by atoms with Gasteiger partial charge in [-0.05, 0) is 31.7 Å². The molecule has 0 aromatic heterocycles. The Balaban J connectivity index is 3.83. The molecule has 0 saturated carbocycles. The fraction of sp³-hybridized carbons (Fsp3) is 1.00. The number of unbranched alkanes of at least 4 members (excludes halogenated alkanes) is 6. The van der Waals surface area contributed by atoms with Gasteiger partial charge >= 0.3 is 0 Å². The summed E-state index contributed by atoms with van der Waals surface area (Å²) in [5.41, 5.74) is 0. The van der Waals surface area contributed by atoms with Crippen molar-refractivity contribution in [3.05, 3.63) is 0 Å². The smallest absolute Gasteiger partial charge is 0.000672 e. The topological polar surface area (TPSA) is 3.24 Å². The van der Waals surface area contributed by atoms with Crippen LogP contribution in [0, 0.1) is 11.8 Å². The molecule has 1 unspecified atom stereocenters. The first kappa shape index (κ1) is 20.0. The highest BCUT2D eigenvalue weighted by molar-refractivity contribution is 4.66. The number of nitrogens with zero attached hydrogens (tertiary/aromatic N) is 1. The third kappa shape index (κ3) is 13.0. The Morgan fingerprint density at radius 1 is 0.700 bits per heavy atom. The van der Waals surface area contributed by atoms with E-state index in [1.54, 1.807) is 0 Å². The van der Waals surface area contributed by atoms with Gasteiger partial charge in [-0.1, -0.05) is 79.1 Å². The van der Waals surface area contributed by atoms with Crippen LogP contribution in [0.5, 0.6) is 0 Å². The molecule has 0 saturated heterocycles. The Bertz CT molecular complexity index is 188. The van der Waals surface area contributed by atoms with Crippen LogP contribution >= 0.6 is 0 Å². The Morgan fingerprint density at radius 2 is 1.25 bits per heavy atom. The van der Waals surface area contributed by atoms with Gasteiger partial charge in [-0.2, -0.15) is 0 Å². The third-order valence-corrected chi connectivity index (χ3v) is 4.18. The van der Waals surface area contributed by atoms with Crippen molar-refractivity contribution in [2.24, 2.45) is 11.8 Å². The van der Waals surface area contributed by atoms with Crippen molar-refractivity contribution in [3.63, 3.8) is 0 Å². The van der Waals surface area contributed by atoms with Crippen LogP contribution in [-0.2, 0) is 0 Å². The van der Waals surface area contributed by atoms with Gasteiger partial charge in [0.2, 0.25) is 0 Å². The Kier molecular flexibility index (Phi) is 13.9. The minimum Gasteiger partial charge on any atom is -0.306 e. The fourth-order valence-electron chi connectivity index (χ4n) is 3.17. The Morgan fingerprint density at radius 3 is 1.85 bits per heavy atom. The van der Waals surface area contributed by atoms with E-state index in [1.165, 1.54) is 77.3 Å². The van der Waals surface area contributed by atoms with Crippen LogP contribution in [0.2, 0.25) is 0 Å². The SMILES string of the molecule is CCCCCCCCC(CCCC)CN(C)CC(C)C. The fourth-order valence-corrected chi connectivity index (χ4v) is 3.17. The van der Waals surface area contributed by atoms with Crippen molar-refractivity contribution >= 4 is 0 Å². The van der Waals surface area contributed by atoms with E-state index in [4.69, 9.17) is 0 Å². The van der Waals surface area contributed by atoms with Crippen LogP contribution < -0.4 is 0 Å². The van der Waals surface area contributed by atoms with E-state index in [0.717, 1.165) is 11.8 Å². The molecule has 0 aliphatic heterocycles. The summed E-state index contributed by atoms with van der Waals surface area (Å²) in [6.45, 7) is 11.8. The highest BCUT2D eigenvalue weighted by atomic mass is 15.1. The molecule has 0 heterocycles. The molecule has 0 radical (unpaired) electrons. The third-order valence-electron chi connectivity index (χ3n) is 4.18. The number of rotatable bonds is 14. The maximum atomic E-state index is 2.56. The van der Waals surface area contributed by atoms with E-state index in [1.807, 2.05) is 0 Å². The van der Waals surface area contributed by atoms with Gasteiger partial charge in [0.05, 0.1) is 0 Å². The second kappa shape index (κ2) is 13.9. The first-order chi connectivity index (χ1) is 9.60. The summed E-state index contributed by atoms with van der Waals surface area (Å²) in [5.74, 6) is 1.73. The van der Waals surface area contributed by atoms with E-state index in [-0.39, 0.29) is 0 Å². The van der Waals surface area contributed by atoms with Crippen molar-refractivity contribution in [2.45, 2.75) is 91.9 Å². The van der Waals surface area contributed by atoms with E-state index < -0.39 is 0 Å². The summed E-state index contributed by atoms with van der Waals surface area (Å²) in [6.07, 6.45) is 14.2. The first-order valence-electron chi connectivity index (χ1n) is 9.28. The molecule has 0 N–H and O–H groups in total. The molecule has 122 valence electrons. The van der Waals surface area contributed by atoms with Crippen molar-refractivity contribution in [3.8, 4) is 0 Å². The van der Waals surface area contributed by atoms with E-state index >= 15 is 0 Å². The standard InChI is InChI=1S/C19H41N/c1-6-8-10-11-12-13-15-19(14-9-7-2)17-20(5)16-18(3)4/h18-19H,6-17H2,1-5H3. The zero-order chi connectivity index (χ0) is 15.2. The molecular formula is C19H41N. The Labute approximate surface area is 129 Å². The summed E-state index contributed by atoms with van der Waals surface area (Å²) >= 11 is 0. The highest BCUT2D eigenvalue weighted by Gasteiger charge is 2.12. The first-order valence-corrected chi connectivity index (χ1v) is 9.28. The van der Waals surface area contributed by atoms with Gasteiger partial charge in [-0.3, -0.25) is 0 Å². The van der Waals surface area contributed by atoms with Gasteiger partial charge in [-0.15, -0.1) is 0 Å². The molecule has 0 aromatic rings. The maximum absolute atomic E-state index is 2.56. The van der Waals surface area contributed by atoms with Crippen molar-refractivity contribution < 1.29 is 0 Å². The number of hydrogen-bond donors (Lipinski definition) is 0. The highest BCUT2D eigenvalue weighted by Crippen LogP contribution is 2.19. The molecule has 0 spiro atoms. The second-order valence-electron chi connectivity index (χ2n) is 7.18. The molecule has 0 bridgehead atoms. The predicted molar refractivity (Wildman–Crippen MR) is 93.3 cm³/mol. The number of hydrogen-bond acceptors (Lipinski definition) is 1. The van der Waals surface area contributed by atoms with Gasteiger partial charge in [0.15, 0.2) is 0 Å². The molecule has 0 fully saturated rings. The minimum absolute atomic E-state index is 0.792. The summed E-state index contributed by atoms with van der Waals surface area (Å²) < 4.78 is 0. The van der Waals surface area contributed by atoms with Gasteiger partial charge in [0, 0.05) is 13.1 Å². The van der Waals surface area contributed by atoms with Crippen molar-refractivity contribution in [1.29, 1.82) is 0 Å². The molecule has 0 aliphatic rings. The second-order valence-corrected chi connectivity index (χ2v) is 7.18. The van der Waals surface area contributed by atoms with E-state index in [2.05, 4.69) is 39.6 Å². The van der Waals surface area contributed by atoms with Gasteiger partial charge in [-0.25, -0.2) is 0 Å². The van der Waals surface area contributed by atoms with Gasteiger partial charge in [0.25, 0.3) is 0 Å². The minimum atomic E-state index is 0.792. The molecule has 1 nitrogen and oxygen atoms in total. The summed E-state index contributed by atoms with van der Waals surface area (Å²) in [7, 11) is 2.31. The average Bonchev–Trinajstić information content (AvgIpc) is 2.38.